The van der Waals surface area contributed by atoms with Gasteiger partial charge in [0.1, 0.15) is 4.83 Å². The van der Waals surface area contributed by atoms with Gasteiger partial charge in [-0.3, -0.25) is 9.36 Å². The molecule has 1 aliphatic carbocycles. The maximum atomic E-state index is 13.4. The second kappa shape index (κ2) is 7.69. The number of rotatable bonds is 6. The molecule has 0 bridgehead atoms. The first-order valence-corrected chi connectivity index (χ1v) is 10.5. The summed E-state index contributed by atoms with van der Waals surface area (Å²) in [5.41, 5.74) is 2.54. The Labute approximate surface area is 163 Å². The minimum absolute atomic E-state index is 0.0841. The van der Waals surface area contributed by atoms with Crippen molar-refractivity contribution in [1.29, 1.82) is 0 Å². The van der Waals surface area contributed by atoms with Crippen LogP contribution in [0, 0.1) is 0 Å². The molecule has 140 valence electrons. The van der Waals surface area contributed by atoms with Gasteiger partial charge in [0.25, 0.3) is 5.56 Å². The lowest BCUT2D eigenvalue weighted by molar-refractivity contribution is 0.688. The van der Waals surface area contributed by atoms with Crippen molar-refractivity contribution in [1.82, 2.24) is 9.55 Å². The van der Waals surface area contributed by atoms with Gasteiger partial charge in [-0.05, 0) is 43.7 Å². The Morgan fingerprint density at radius 2 is 2.04 bits per heavy atom. The number of benzene rings is 1. The largest absolute Gasteiger partial charge is 0.338 e. The van der Waals surface area contributed by atoms with Crippen LogP contribution in [0.1, 0.15) is 35.8 Å². The van der Waals surface area contributed by atoms with E-state index in [4.69, 9.17) is 4.98 Å². The van der Waals surface area contributed by atoms with Crippen LogP contribution in [0.3, 0.4) is 0 Å². The van der Waals surface area contributed by atoms with Gasteiger partial charge in [0.05, 0.1) is 5.39 Å². The van der Waals surface area contributed by atoms with Gasteiger partial charge in [-0.15, -0.1) is 17.9 Å². The quantitative estimate of drug-likeness (QED) is 0.590. The molecule has 1 aliphatic rings. The van der Waals surface area contributed by atoms with Crippen LogP contribution in [0.15, 0.2) is 47.8 Å². The summed E-state index contributed by atoms with van der Waals surface area (Å²) >= 11 is 1.71. The van der Waals surface area contributed by atoms with Gasteiger partial charge >= 0.3 is 0 Å². The zero-order chi connectivity index (χ0) is 18.8. The maximum absolute atomic E-state index is 13.4. The molecule has 0 spiro atoms. The molecule has 27 heavy (non-hydrogen) atoms. The second-order valence-corrected chi connectivity index (χ2v) is 8.09. The molecule has 4 rings (SSSR count). The zero-order valence-electron chi connectivity index (χ0n) is 15.8. The van der Waals surface area contributed by atoms with Crippen molar-refractivity contribution in [2.24, 2.45) is 0 Å². The number of nitrogens with zero attached hydrogens (tertiary/aromatic N) is 3. The molecule has 0 radical (unpaired) electrons. The SMILES string of the molecule is C=CCn1c(N(CC)Cc2ccccc2)nc2sc3c(c2c1=O)CCCC3. The van der Waals surface area contributed by atoms with Crippen molar-refractivity contribution in [3.05, 3.63) is 69.3 Å². The van der Waals surface area contributed by atoms with E-state index in [0.29, 0.717) is 6.54 Å². The Balaban J connectivity index is 1.86. The minimum Gasteiger partial charge on any atom is -0.338 e. The van der Waals surface area contributed by atoms with E-state index in [2.05, 4.69) is 30.5 Å². The van der Waals surface area contributed by atoms with Crippen LogP contribution in [-0.4, -0.2) is 16.1 Å². The van der Waals surface area contributed by atoms with Gasteiger partial charge in [0, 0.05) is 24.5 Å². The van der Waals surface area contributed by atoms with E-state index in [-0.39, 0.29) is 5.56 Å². The number of allylic oxidation sites excluding steroid dienone is 1. The molecule has 0 unspecified atom stereocenters. The molecule has 5 heteroatoms. The lowest BCUT2D eigenvalue weighted by Crippen LogP contribution is -2.32. The Bertz CT molecular complexity index is 1020. The van der Waals surface area contributed by atoms with Crippen molar-refractivity contribution >= 4 is 27.5 Å². The Morgan fingerprint density at radius 3 is 2.78 bits per heavy atom. The van der Waals surface area contributed by atoms with Crippen LogP contribution in [0.25, 0.3) is 10.2 Å². The highest BCUT2D eigenvalue weighted by Gasteiger charge is 2.23. The summed E-state index contributed by atoms with van der Waals surface area (Å²) in [6.45, 7) is 7.97. The average Bonchev–Trinajstić information content (AvgIpc) is 3.08. The third-order valence-electron chi connectivity index (χ3n) is 5.25. The van der Waals surface area contributed by atoms with Gasteiger partial charge in [-0.1, -0.05) is 36.4 Å². The third kappa shape index (κ3) is 3.32. The standard InChI is InChI=1S/C22H25N3OS/c1-3-14-25-21(26)19-17-12-8-9-13-18(17)27-20(19)23-22(25)24(4-2)15-16-10-6-5-7-11-16/h3,5-7,10-11H,1,4,8-9,12-15H2,2H3. The summed E-state index contributed by atoms with van der Waals surface area (Å²) in [5.74, 6) is 0.748. The molecule has 2 heterocycles. The summed E-state index contributed by atoms with van der Waals surface area (Å²) in [6.07, 6.45) is 6.24. The first-order valence-electron chi connectivity index (χ1n) is 9.67. The third-order valence-corrected chi connectivity index (χ3v) is 6.43. The molecular formula is C22H25N3OS. The van der Waals surface area contributed by atoms with Crippen LogP contribution in [0.4, 0.5) is 5.95 Å². The molecule has 0 N–H and O–H groups in total. The molecule has 0 aliphatic heterocycles. The van der Waals surface area contributed by atoms with E-state index in [1.54, 1.807) is 22.0 Å². The van der Waals surface area contributed by atoms with Gasteiger partial charge in [0.2, 0.25) is 5.95 Å². The van der Waals surface area contributed by atoms with Crippen LogP contribution in [0.2, 0.25) is 0 Å². The van der Waals surface area contributed by atoms with Gasteiger partial charge in [-0.25, -0.2) is 4.98 Å². The lowest BCUT2D eigenvalue weighted by Gasteiger charge is -2.25. The van der Waals surface area contributed by atoms with E-state index in [9.17, 15) is 4.79 Å². The molecular weight excluding hydrogens is 354 g/mol. The van der Waals surface area contributed by atoms with E-state index >= 15 is 0 Å². The maximum Gasteiger partial charge on any atom is 0.264 e. The first kappa shape index (κ1) is 18.0. The summed E-state index contributed by atoms with van der Waals surface area (Å²) in [4.78, 5) is 22.8. The van der Waals surface area contributed by atoms with Gasteiger partial charge in [0.15, 0.2) is 0 Å². The molecule has 0 fully saturated rings. The Kier molecular flexibility index (Phi) is 5.12. The van der Waals surface area contributed by atoms with E-state index < -0.39 is 0 Å². The summed E-state index contributed by atoms with van der Waals surface area (Å²) in [6, 6.07) is 10.3. The second-order valence-electron chi connectivity index (χ2n) is 7.01. The molecule has 0 amide bonds. The fourth-order valence-corrected chi connectivity index (χ4v) is 5.14. The summed E-state index contributed by atoms with van der Waals surface area (Å²) in [7, 11) is 0. The van der Waals surface area contributed by atoms with Gasteiger partial charge < -0.3 is 4.90 Å². The lowest BCUT2D eigenvalue weighted by atomic mass is 9.97. The van der Waals surface area contributed by atoms with Crippen LogP contribution in [0.5, 0.6) is 0 Å². The van der Waals surface area contributed by atoms with E-state index in [1.807, 2.05) is 18.2 Å². The first-order chi connectivity index (χ1) is 13.2. The highest BCUT2D eigenvalue weighted by Crippen LogP contribution is 2.34. The number of aryl methyl sites for hydroxylation is 2. The predicted octanol–water partition coefficient (Wildman–Crippen LogP) is 4.55. The molecule has 4 nitrogen and oxygen atoms in total. The van der Waals surface area contributed by atoms with Crippen molar-refractivity contribution in [2.45, 2.75) is 45.7 Å². The van der Waals surface area contributed by atoms with E-state index in [0.717, 1.165) is 48.5 Å². The van der Waals surface area contributed by atoms with Crippen molar-refractivity contribution in [3.63, 3.8) is 0 Å². The topological polar surface area (TPSA) is 38.1 Å². The normalized spacial score (nSPS) is 13.5. The predicted molar refractivity (Wildman–Crippen MR) is 114 cm³/mol. The number of fused-ring (bicyclic) bond motifs is 3. The number of aromatic nitrogens is 2. The smallest absolute Gasteiger partial charge is 0.264 e. The molecule has 0 saturated carbocycles. The molecule has 0 saturated heterocycles. The highest BCUT2D eigenvalue weighted by molar-refractivity contribution is 7.18. The van der Waals surface area contributed by atoms with Gasteiger partial charge in [-0.2, -0.15) is 0 Å². The number of hydrogen-bond donors (Lipinski definition) is 0. The fourth-order valence-electron chi connectivity index (χ4n) is 3.89. The molecule has 3 aromatic rings. The fraction of sp³-hybridized carbons (Fsp3) is 0.364. The van der Waals surface area contributed by atoms with Crippen LogP contribution >= 0.6 is 11.3 Å². The van der Waals surface area contributed by atoms with E-state index in [1.165, 1.54) is 22.4 Å². The van der Waals surface area contributed by atoms with Crippen LogP contribution in [-0.2, 0) is 25.9 Å². The molecule has 1 aromatic carbocycles. The minimum atomic E-state index is 0.0841. The number of hydrogen-bond acceptors (Lipinski definition) is 4. The van der Waals surface area contributed by atoms with Crippen molar-refractivity contribution in [2.75, 3.05) is 11.4 Å². The molecule has 0 atom stereocenters. The number of anilines is 1. The summed E-state index contributed by atoms with van der Waals surface area (Å²) in [5, 5.41) is 0.844. The molecule has 2 aromatic heterocycles. The Hall–Kier alpha value is -2.40. The van der Waals surface area contributed by atoms with Crippen molar-refractivity contribution < 1.29 is 0 Å². The van der Waals surface area contributed by atoms with Crippen molar-refractivity contribution in [3.8, 4) is 0 Å². The van der Waals surface area contributed by atoms with Crippen LogP contribution < -0.4 is 10.5 Å². The zero-order valence-corrected chi connectivity index (χ0v) is 16.6. The Morgan fingerprint density at radius 1 is 1.26 bits per heavy atom. The monoisotopic (exact) mass is 379 g/mol. The number of thiophene rings is 1. The average molecular weight is 380 g/mol. The summed E-state index contributed by atoms with van der Waals surface area (Å²) < 4.78 is 1.80. The highest BCUT2D eigenvalue weighted by atomic mass is 32.1.